The summed E-state index contributed by atoms with van der Waals surface area (Å²) >= 11 is 1.30. The van der Waals surface area contributed by atoms with E-state index >= 15 is 0 Å². The van der Waals surface area contributed by atoms with Crippen molar-refractivity contribution in [2.45, 2.75) is 25.4 Å². The highest BCUT2D eigenvalue weighted by atomic mass is 32.2. The number of benzene rings is 3. The molecule has 0 saturated heterocycles. The van der Waals surface area contributed by atoms with Crippen LogP contribution in [0.25, 0.3) is 22.6 Å². The Labute approximate surface area is 236 Å². The molecule has 0 bridgehead atoms. The molecule has 0 aliphatic heterocycles. The van der Waals surface area contributed by atoms with Gasteiger partial charge in [-0.1, -0.05) is 55.1 Å². The molecule has 10 heteroatoms. The number of hydrogen-bond acceptors (Lipinski definition) is 7. The molecule has 2 heterocycles. The number of aromatic nitrogens is 5. The summed E-state index contributed by atoms with van der Waals surface area (Å²) in [5, 5.41) is 18.1. The molecular weight excluding hydrogens is 522 g/mol. The normalized spacial score (nSPS) is 11.2. The molecule has 0 aliphatic carbocycles. The van der Waals surface area contributed by atoms with E-state index in [1.165, 1.54) is 11.8 Å². The molecule has 0 saturated carbocycles. The zero-order valence-corrected chi connectivity index (χ0v) is 23.1. The number of carbonyl (C=O) groups is 1. The SMILES string of the molecule is CCCOc1ccc(-c2nn(-c3ccccc3)cc2/C=N\NC(=O)CSc2nnc(C)n2-c2ccccc2)cc1. The van der Waals surface area contributed by atoms with Gasteiger partial charge in [0.2, 0.25) is 0 Å². The molecule has 5 aromatic rings. The van der Waals surface area contributed by atoms with Crippen molar-refractivity contribution in [3.63, 3.8) is 0 Å². The van der Waals surface area contributed by atoms with E-state index < -0.39 is 0 Å². The first-order valence-corrected chi connectivity index (χ1v) is 13.9. The van der Waals surface area contributed by atoms with Crippen molar-refractivity contribution in [3.8, 4) is 28.4 Å². The van der Waals surface area contributed by atoms with Crippen LogP contribution in [0.15, 0.2) is 101 Å². The molecule has 40 heavy (non-hydrogen) atoms. The van der Waals surface area contributed by atoms with Gasteiger partial charge in [-0.2, -0.15) is 10.2 Å². The van der Waals surface area contributed by atoms with Crippen molar-refractivity contribution in [3.05, 3.63) is 103 Å². The molecule has 0 unspecified atom stereocenters. The van der Waals surface area contributed by atoms with Gasteiger partial charge in [0.05, 0.1) is 24.3 Å². The molecule has 1 amide bonds. The van der Waals surface area contributed by atoms with Gasteiger partial charge in [0.1, 0.15) is 17.3 Å². The van der Waals surface area contributed by atoms with E-state index in [2.05, 4.69) is 27.6 Å². The molecule has 0 spiro atoms. The van der Waals surface area contributed by atoms with Gasteiger partial charge in [-0.3, -0.25) is 9.36 Å². The minimum absolute atomic E-state index is 0.137. The lowest BCUT2D eigenvalue weighted by atomic mass is 10.1. The summed E-state index contributed by atoms with van der Waals surface area (Å²) in [4.78, 5) is 12.6. The Morgan fingerprint density at radius 2 is 1.68 bits per heavy atom. The van der Waals surface area contributed by atoms with Gasteiger partial charge in [0.25, 0.3) is 5.91 Å². The summed E-state index contributed by atoms with van der Waals surface area (Å²) in [5.41, 5.74) is 6.90. The maximum atomic E-state index is 12.6. The number of ether oxygens (including phenoxy) is 1. The van der Waals surface area contributed by atoms with Crippen molar-refractivity contribution >= 4 is 23.9 Å². The van der Waals surface area contributed by atoms with E-state index in [-0.39, 0.29) is 11.7 Å². The number of amides is 1. The minimum Gasteiger partial charge on any atom is -0.494 e. The van der Waals surface area contributed by atoms with Crippen LogP contribution in [-0.4, -0.2) is 49.0 Å². The average Bonchev–Trinajstić information content (AvgIpc) is 3.59. The van der Waals surface area contributed by atoms with Crippen LogP contribution in [0.3, 0.4) is 0 Å². The van der Waals surface area contributed by atoms with Crippen molar-refractivity contribution in [2.24, 2.45) is 5.10 Å². The third-order valence-corrected chi connectivity index (χ3v) is 6.83. The first-order chi connectivity index (χ1) is 19.6. The Hall–Kier alpha value is -4.70. The Morgan fingerprint density at radius 1 is 0.975 bits per heavy atom. The predicted octanol–water partition coefficient (Wildman–Crippen LogP) is 5.46. The molecule has 5 rings (SSSR count). The van der Waals surface area contributed by atoms with Crippen LogP contribution in [0.1, 0.15) is 24.7 Å². The number of rotatable bonds is 11. The number of para-hydroxylation sites is 2. The molecular formula is C30H29N7O2S. The van der Waals surface area contributed by atoms with Crippen LogP contribution in [0.2, 0.25) is 0 Å². The van der Waals surface area contributed by atoms with Crippen molar-refractivity contribution in [2.75, 3.05) is 12.4 Å². The first kappa shape index (κ1) is 26.9. The number of hydrazone groups is 1. The highest BCUT2D eigenvalue weighted by Crippen LogP contribution is 2.25. The third kappa shape index (κ3) is 6.47. The number of carbonyl (C=O) groups excluding carboxylic acids is 1. The Balaban J connectivity index is 1.29. The third-order valence-electron chi connectivity index (χ3n) is 5.90. The van der Waals surface area contributed by atoms with E-state index in [0.717, 1.165) is 46.2 Å². The van der Waals surface area contributed by atoms with Gasteiger partial charge in [-0.05, 0) is 61.9 Å². The fraction of sp³-hybridized carbons (Fsp3) is 0.167. The van der Waals surface area contributed by atoms with Crippen LogP contribution in [0.4, 0.5) is 0 Å². The largest absolute Gasteiger partial charge is 0.494 e. The summed E-state index contributed by atoms with van der Waals surface area (Å²) < 4.78 is 9.44. The summed E-state index contributed by atoms with van der Waals surface area (Å²) in [5.74, 6) is 1.44. The maximum Gasteiger partial charge on any atom is 0.250 e. The van der Waals surface area contributed by atoms with Crippen LogP contribution in [0, 0.1) is 6.92 Å². The van der Waals surface area contributed by atoms with Crippen LogP contribution >= 0.6 is 11.8 Å². The number of nitrogens with zero attached hydrogens (tertiary/aromatic N) is 6. The Bertz CT molecular complexity index is 1580. The summed E-state index contributed by atoms with van der Waals surface area (Å²) in [6.07, 6.45) is 4.45. The van der Waals surface area contributed by atoms with Crippen LogP contribution in [0.5, 0.6) is 5.75 Å². The summed E-state index contributed by atoms with van der Waals surface area (Å²) in [6.45, 7) is 4.63. The van der Waals surface area contributed by atoms with Crippen molar-refractivity contribution in [1.29, 1.82) is 0 Å². The van der Waals surface area contributed by atoms with Crippen LogP contribution in [-0.2, 0) is 4.79 Å². The lowest BCUT2D eigenvalue weighted by Crippen LogP contribution is -2.20. The molecule has 3 aromatic carbocycles. The second-order valence-electron chi connectivity index (χ2n) is 8.87. The highest BCUT2D eigenvalue weighted by molar-refractivity contribution is 7.99. The van der Waals surface area contributed by atoms with Crippen molar-refractivity contribution < 1.29 is 9.53 Å². The number of aryl methyl sites for hydroxylation is 1. The molecule has 9 nitrogen and oxygen atoms in total. The van der Waals surface area contributed by atoms with Gasteiger partial charge < -0.3 is 4.74 Å². The maximum absolute atomic E-state index is 12.6. The fourth-order valence-electron chi connectivity index (χ4n) is 3.99. The minimum atomic E-state index is -0.254. The predicted molar refractivity (Wildman–Crippen MR) is 157 cm³/mol. The summed E-state index contributed by atoms with van der Waals surface area (Å²) in [6, 6.07) is 27.5. The molecule has 0 aliphatic rings. The standard InChI is InChI=1S/C30H29N7O2S/c1-3-18-39-27-16-14-23(15-17-27)29-24(20-36(35-29)25-10-6-4-7-11-25)19-31-33-28(38)21-40-30-34-32-22(2)37(30)26-12-8-5-9-13-26/h4-17,19-20H,3,18,21H2,1-2H3,(H,33,38)/b31-19-. The molecule has 1 N–H and O–H groups in total. The van der Waals surface area contributed by atoms with E-state index in [0.29, 0.717) is 11.8 Å². The highest BCUT2D eigenvalue weighted by Gasteiger charge is 2.14. The fourth-order valence-corrected chi connectivity index (χ4v) is 4.78. The smallest absolute Gasteiger partial charge is 0.250 e. The number of thioether (sulfide) groups is 1. The van der Waals surface area contributed by atoms with Gasteiger partial charge in [0.15, 0.2) is 5.16 Å². The Morgan fingerprint density at radius 3 is 2.38 bits per heavy atom. The second kappa shape index (κ2) is 12.9. The van der Waals surface area contributed by atoms with Gasteiger partial charge in [-0.15, -0.1) is 10.2 Å². The Kier molecular flexibility index (Phi) is 8.67. The molecule has 0 atom stereocenters. The quantitative estimate of drug-likeness (QED) is 0.133. The molecule has 0 fully saturated rings. The first-order valence-electron chi connectivity index (χ1n) is 12.9. The molecule has 0 radical (unpaired) electrons. The van der Waals surface area contributed by atoms with Gasteiger partial charge in [-0.25, -0.2) is 10.1 Å². The van der Waals surface area contributed by atoms with Crippen molar-refractivity contribution in [1.82, 2.24) is 30.0 Å². The zero-order valence-electron chi connectivity index (χ0n) is 22.3. The second-order valence-corrected chi connectivity index (χ2v) is 9.81. The van der Waals surface area contributed by atoms with Gasteiger partial charge in [0, 0.05) is 23.0 Å². The topological polar surface area (TPSA) is 99.2 Å². The monoisotopic (exact) mass is 551 g/mol. The zero-order chi connectivity index (χ0) is 27.7. The van der Waals surface area contributed by atoms with E-state index in [1.807, 2.05) is 103 Å². The average molecular weight is 552 g/mol. The van der Waals surface area contributed by atoms with Crippen LogP contribution < -0.4 is 10.2 Å². The van der Waals surface area contributed by atoms with E-state index in [9.17, 15) is 4.79 Å². The van der Waals surface area contributed by atoms with E-state index in [4.69, 9.17) is 9.84 Å². The number of nitrogens with one attached hydrogen (secondary N) is 1. The van der Waals surface area contributed by atoms with Gasteiger partial charge >= 0.3 is 0 Å². The number of hydrogen-bond donors (Lipinski definition) is 1. The lowest BCUT2D eigenvalue weighted by Gasteiger charge is -2.07. The lowest BCUT2D eigenvalue weighted by molar-refractivity contribution is -0.118. The molecule has 2 aromatic heterocycles. The summed E-state index contributed by atoms with van der Waals surface area (Å²) in [7, 11) is 0. The van der Waals surface area contributed by atoms with E-state index in [1.54, 1.807) is 10.9 Å². The molecule has 202 valence electrons.